The third kappa shape index (κ3) is 3.80. The Hall–Kier alpha value is -2.06. The molecule has 1 aromatic carbocycles. The van der Waals surface area contributed by atoms with Gasteiger partial charge < -0.3 is 5.32 Å². The lowest BCUT2D eigenvalue weighted by molar-refractivity contribution is -0.120. The third-order valence-corrected chi connectivity index (χ3v) is 5.23. The molecule has 3 rings (SSSR count). The van der Waals surface area contributed by atoms with E-state index in [0.29, 0.717) is 11.7 Å². The van der Waals surface area contributed by atoms with Crippen molar-refractivity contribution >= 4 is 40.5 Å². The monoisotopic (exact) mass is 373 g/mol. The first-order valence-corrected chi connectivity index (χ1v) is 10.0. The number of para-hydroxylation sites is 1. The molecule has 0 aliphatic rings. The van der Waals surface area contributed by atoms with Crippen molar-refractivity contribution in [2.45, 2.75) is 29.3 Å². The second-order valence-electron chi connectivity index (χ2n) is 5.30. The number of nitrogens with zero attached hydrogens (tertiary/aromatic N) is 4. The number of rotatable bonds is 6. The molecule has 8 heteroatoms. The van der Waals surface area contributed by atoms with E-state index in [-0.39, 0.29) is 11.2 Å². The molecule has 130 valence electrons. The molecule has 6 nitrogen and oxygen atoms in total. The van der Waals surface area contributed by atoms with Crippen LogP contribution in [0, 0.1) is 0 Å². The van der Waals surface area contributed by atoms with Crippen LogP contribution in [0.5, 0.6) is 0 Å². The SMILES string of the molecule is CCNC(=O)C(C)Sc1nc(SC)c2cnn(-c3ccccc3)c2n1. The van der Waals surface area contributed by atoms with E-state index >= 15 is 0 Å². The Bertz CT molecular complexity index is 881. The summed E-state index contributed by atoms with van der Waals surface area (Å²) in [6.45, 7) is 4.37. The van der Waals surface area contributed by atoms with E-state index in [1.807, 2.05) is 50.4 Å². The van der Waals surface area contributed by atoms with Crippen molar-refractivity contribution in [1.29, 1.82) is 0 Å². The first-order chi connectivity index (χ1) is 12.1. The minimum atomic E-state index is -0.264. The minimum absolute atomic E-state index is 0.0153. The molecule has 1 amide bonds. The molecule has 1 atom stereocenters. The standard InChI is InChI=1S/C17H19N5OS2/c1-4-18-15(23)11(2)25-17-20-14-13(16(21-17)24-3)10-19-22(14)12-8-6-5-7-9-12/h5-11H,4H2,1-3H3,(H,18,23). The number of benzene rings is 1. The quantitative estimate of drug-likeness (QED) is 0.406. The van der Waals surface area contributed by atoms with Gasteiger partial charge in [0.05, 0.1) is 22.5 Å². The van der Waals surface area contributed by atoms with Gasteiger partial charge >= 0.3 is 0 Å². The molecule has 0 bridgehead atoms. The highest BCUT2D eigenvalue weighted by Crippen LogP contribution is 2.29. The van der Waals surface area contributed by atoms with Gasteiger partial charge in [0.25, 0.3) is 0 Å². The molecule has 3 aromatic rings. The van der Waals surface area contributed by atoms with Crippen molar-refractivity contribution < 1.29 is 4.79 Å². The van der Waals surface area contributed by atoms with Crippen molar-refractivity contribution in [3.8, 4) is 5.69 Å². The minimum Gasteiger partial charge on any atom is -0.355 e. The molecule has 0 fully saturated rings. The number of carbonyl (C=O) groups is 1. The Kier molecular flexibility index (Phi) is 5.60. The van der Waals surface area contributed by atoms with Gasteiger partial charge in [0, 0.05) is 6.54 Å². The van der Waals surface area contributed by atoms with Crippen molar-refractivity contribution in [3.05, 3.63) is 36.5 Å². The zero-order valence-electron chi connectivity index (χ0n) is 14.3. The van der Waals surface area contributed by atoms with Crippen LogP contribution in [0.25, 0.3) is 16.7 Å². The Morgan fingerprint density at radius 1 is 1.28 bits per heavy atom. The van der Waals surface area contributed by atoms with Gasteiger partial charge in [-0.05, 0) is 32.2 Å². The largest absolute Gasteiger partial charge is 0.355 e. The van der Waals surface area contributed by atoms with Gasteiger partial charge in [-0.1, -0.05) is 30.0 Å². The van der Waals surface area contributed by atoms with E-state index in [1.165, 1.54) is 11.8 Å². The average molecular weight is 374 g/mol. The number of nitrogens with one attached hydrogen (secondary N) is 1. The number of thioether (sulfide) groups is 2. The second-order valence-corrected chi connectivity index (χ2v) is 7.40. The van der Waals surface area contributed by atoms with Crippen molar-refractivity contribution in [1.82, 2.24) is 25.1 Å². The maximum Gasteiger partial charge on any atom is 0.233 e. The number of amides is 1. The molecule has 0 radical (unpaired) electrons. The second kappa shape index (κ2) is 7.88. The maximum absolute atomic E-state index is 12.0. The molecule has 25 heavy (non-hydrogen) atoms. The summed E-state index contributed by atoms with van der Waals surface area (Å²) in [6, 6.07) is 9.86. The molecule has 1 N–H and O–H groups in total. The van der Waals surface area contributed by atoms with Crippen LogP contribution in [-0.2, 0) is 4.79 Å². The predicted octanol–water partition coefficient (Wildman–Crippen LogP) is 3.15. The lowest BCUT2D eigenvalue weighted by Crippen LogP contribution is -2.30. The van der Waals surface area contributed by atoms with E-state index in [4.69, 9.17) is 0 Å². The van der Waals surface area contributed by atoms with Crippen LogP contribution in [0.3, 0.4) is 0 Å². The maximum atomic E-state index is 12.0. The normalized spacial score (nSPS) is 12.3. The summed E-state index contributed by atoms with van der Waals surface area (Å²) in [7, 11) is 0. The zero-order valence-corrected chi connectivity index (χ0v) is 15.9. The fraction of sp³-hybridized carbons (Fsp3) is 0.294. The smallest absolute Gasteiger partial charge is 0.233 e. The van der Waals surface area contributed by atoms with Gasteiger partial charge in [-0.25, -0.2) is 14.6 Å². The first-order valence-electron chi connectivity index (χ1n) is 7.93. The van der Waals surface area contributed by atoms with Crippen LogP contribution in [0.2, 0.25) is 0 Å². The van der Waals surface area contributed by atoms with Crippen molar-refractivity contribution in [2.24, 2.45) is 0 Å². The molecule has 0 spiro atoms. The van der Waals surface area contributed by atoms with Crippen LogP contribution >= 0.6 is 23.5 Å². The first kappa shape index (κ1) is 17.8. The number of hydrogen-bond acceptors (Lipinski definition) is 6. The van der Waals surface area contributed by atoms with Crippen molar-refractivity contribution in [2.75, 3.05) is 12.8 Å². The van der Waals surface area contributed by atoms with Crippen LogP contribution in [0.15, 0.2) is 46.7 Å². The highest BCUT2D eigenvalue weighted by atomic mass is 32.2. The van der Waals surface area contributed by atoms with Crippen molar-refractivity contribution in [3.63, 3.8) is 0 Å². The van der Waals surface area contributed by atoms with E-state index < -0.39 is 0 Å². The molecule has 2 aromatic heterocycles. The summed E-state index contributed by atoms with van der Waals surface area (Å²) in [4.78, 5) is 21.2. The Balaban J connectivity index is 2.02. The highest BCUT2D eigenvalue weighted by Gasteiger charge is 2.18. The molecule has 0 saturated carbocycles. The molecule has 0 saturated heterocycles. The Labute approximate surface area is 154 Å². The van der Waals surface area contributed by atoms with E-state index in [0.717, 1.165) is 21.7 Å². The number of fused-ring (bicyclic) bond motifs is 1. The number of carbonyl (C=O) groups excluding carboxylic acids is 1. The van der Waals surface area contributed by atoms with Gasteiger partial charge in [0.2, 0.25) is 5.91 Å². The lowest BCUT2D eigenvalue weighted by atomic mass is 10.3. The lowest BCUT2D eigenvalue weighted by Gasteiger charge is -2.11. The fourth-order valence-corrected chi connectivity index (χ4v) is 3.75. The summed E-state index contributed by atoms with van der Waals surface area (Å²) in [5, 5.41) is 9.38. The summed E-state index contributed by atoms with van der Waals surface area (Å²) in [5.74, 6) is -0.0153. The van der Waals surface area contributed by atoms with Crippen LogP contribution < -0.4 is 5.32 Å². The van der Waals surface area contributed by atoms with Crippen LogP contribution in [0.4, 0.5) is 0 Å². The van der Waals surface area contributed by atoms with E-state index in [2.05, 4.69) is 20.4 Å². The Morgan fingerprint density at radius 3 is 2.72 bits per heavy atom. The zero-order chi connectivity index (χ0) is 17.8. The Morgan fingerprint density at radius 2 is 2.04 bits per heavy atom. The van der Waals surface area contributed by atoms with E-state index in [9.17, 15) is 4.79 Å². The summed E-state index contributed by atoms with van der Waals surface area (Å²) >= 11 is 2.90. The molecule has 1 unspecified atom stereocenters. The van der Waals surface area contributed by atoms with Gasteiger partial charge in [-0.3, -0.25) is 4.79 Å². The average Bonchev–Trinajstić information content (AvgIpc) is 3.06. The number of aromatic nitrogens is 4. The molecule has 0 aliphatic heterocycles. The summed E-state index contributed by atoms with van der Waals surface area (Å²) in [6.07, 6.45) is 3.76. The topological polar surface area (TPSA) is 72.7 Å². The molecular formula is C17H19N5OS2. The molecular weight excluding hydrogens is 354 g/mol. The van der Waals surface area contributed by atoms with E-state index in [1.54, 1.807) is 22.6 Å². The molecule has 2 heterocycles. The van der Waals surface area contributed by atoms with Crippen LogP contribution in [0.1, 0.15) is 13.8 Å². The summed E-state index contributed by atoms with van der Waals surface area (Å²) < 4.78 is 1.80. The highest BCUT2D eigenvalue weighted by molar-refractivity contribution is 8.00. The third-order valence-electron chi connectivity index (χ3n) is 3.57. The van der Waals surface area contributed by atoms with Gasteiger partial charge in [-0.2, -0.15) is 5.10 Å². The summed E-state index contributed by atoms with van der Waals surface area (Å²) in [5.41, 5.74) is 1.69. The van der Waals surface area contributed by atoms with Gasteiger partial charge in [-0.15, -0.1) is 11.8 Å². The predicted molar refractivity (Wildman–Crippen MR) is 102 cm³/mol. The number of hydrogen-bond donors (Lipinski definition) is 1. The van der Waals surface area contributed by atoms with Gasteiger partial charge in [0.15, 0.2) is 10.8 Å². The van der Waals surface area contributed by atoms with Crippen LogP contribution in [-0.4, -0.2) is 43.7 Å². The fourth-order valence-electron chi connectivity index (χ4n) is 2.36. The van der Waals surface area contributed by atoms with Gasteiger partial charge in [0.1, 0.15) is 5.03 Å². The molecule has 0 aliphatic carbocycles.